The van der Waals surface area contributed by atoms with Gasteiger partial charge in [-0.15, -0.1) is 0 Å². The summed E-state index contributed by atoms with van der Waals surface area (Å²) >= 11 is 0. The number of aromatic nitrogens is 1. The number of rotatable bonds is 4. The van der Waals surface area contributed by atoms with Crippen LogP contribution in [0.2, 0.25) is 0 Å². The van der Waals surface area contributed by atoms with Crippen molar-refractivity contribution in [2.24, 2.45) is 11.8 Å². The SMILES string of the molecule is Nc1cc(-c2cccnc2)oc(=O)c1N(C(=O)C1CC1)C(=O)C1CC1. The summed E-state index contributed by atoms with van der Waals surface area (Å²) in [5.74, 6) is -0.883. The van der Waals surface area contributed by atoms with E-state index in [1.807, 2.05) is 0 Å². The van der Waals surface area contributed by atoms with Crippen LogP contribution in [0.3, 0.4) is 0 Å². The van der Waals surface area contributed by atoms with Crippen LogP contribution in [0.4, 0.5) is 11.4 Å². The predicted molar refractivity (Wildman–Crippen MR) is 90.6 cm³/mol. The first-order valence-corrected chi connectivity index (χ1v) is 8.28. The fourth-order valence-corrected chi connectivity index (χ4v) is 2.73. The van der Waals surface area contributed by atoms with E-state index in [-0.39, 0.29) is 40.8 Å². The molecule has 0 atom stereocenters. The summed E-state index contributed by atoms with van der Waals surface area (Å²) in [7, 11) is 0. The number of anilines is 2. The van der Waals surface area contributed by atoms with Gasteiger partial charge in [0.1, 0.15) is 5.76 Å². The van der Waals surface area contributed by atoms with E-state index < -0.39 is 5.63 Å². The summed E-state index contributed by atoms with van der Waals surface area (Å²) in [6.45, 7) is 0. The molecule has 2 aromatic heterocycles. The van der Waals surface area contributed by atoms with Crippen molar-refractivity contribution >= 4 is 23.2 Å². The van der Waals surface area contributed by atoms with E-state index in [1.54, 1.807) is 24.5 Å². The Bertz CT molecular complexity index is 874. The van der Waals surface area contributed by atoms with Gasteiger partial charge in [0.2, 0.25) is 11.8 Å². The minimum atomic E-state index is -0.790. The van der Waals surface area contributed by atoms with Crippen molar-refractivity contribution in [1.29, 1.82) is 0 Å². The summed E-state index contributed by atoms with van der Waals surface area (Å²) in [5.41, 5.74) is 5.74. The van der Waals surface area contributed by atoms with Crippen LogP contribution < -0.4 is 16.3 Å². The predicted octanol–water partition coefficient (Wildman–Crippen LogP) is 1.96. The molecule has 7 heteroatoms. The van der Waals surface area contributed by atoms with E-state index in [0.717, 1.165) is 30.6 Å². The van der Waals surface area contributed by atoms with Gasteiger partial charge >= 0.3 is 5.63 Å². The normalized spacial score (nSPS) is 16.5. The third-order valence-corrected chi connectivity index (χ3v) is 4.42. The molecule has 2 fully saturated rings. The van der Waals surface area contributed by atoms with Gasteiger partial charge in [0.15, 0.2) is 5.69 Å². The van der Waals surface area contributed by atoms with Crippen molar-refractivity contribution in [2.45, 2.75) is 25.7 Å². The van der Waals surface area contributed by atoms with Crippen LogP contribution in [0.25, 0.3) is 11.3 Å². The third kappa shape index (κ3) is 2.93. The molecule has 0 bridgehead atoms. The fourth-order valence-electron chi connectivity index (χ4n) is 2.73. The van der Waals surface area contributed by atoms with Crippen molar-refractivity contribution in [1.82, 2.24) is 4.98 Å². The Morgan fingerprint density at radius 2 is 1.80 bits per heavy atom. The van der Waals surface area contributed by atoms with Crippen molar-refractivity contribution in [3.8, 4) is 11.3 Å². The van der Waals surface area contributed by atoms with Gasteiger partial charge in [0.25, 0.3) is 0 Å². The molecule has 2 N–H and O–H groups in total. The van der Waals surface area contributed by atoms with E-state index in [2.05, 4.69) is 4.98 Å². The summed E-state index contributed by atoms with van der Waals surface area (Å²) in [6.07, 6.45) is 6.06. The second-order valence-electron chi connectivity index (χ2n) is 6.50. The van der Waals surface area contributed by atoms with Gasteiger partial charge < -0.3 is 10.2 Å². The first kappa shape index (κ1) is 15.6. The topological polar surface area (TPSA) is 106 Å². The average molecular weight is 339 g/mol. The molecular formula is C18H17N3O4. The van der Waals surface area contributed by atoms with Crippen molar-refractivity contribution in [2.75, 3.05) is 10.6 Å². The zero-order chi connectivity index (χ0) is 17.6. The lowest BCUT2D eigenvalue weighted by molar-refractivity contribution is -0.127. The van der Waals surface area contributed by atoms with Crippen LogP contribution in [0.1, 0.15) is 25.7 Å². The van der Waals surface area contributed by atoms with Crippen LogP contribution in [-0.4, -0.2) is 16.8 Å². The molecule has 0 aromatic carbocycles. The molecule has 2 aromatic rings. The number of pyridine rings is 1. The lowest BCUT2D eigenvalue weighted by atomic mass is 10.1. The van der Waals surface area contributed by atoms with Crippen LogP contribution in [0.15, 0.2) is 39.8 Å². The number of imide groups is 1. The van der Waals surface area contributed by atoms with Gasteiger partial charge in [-0.2, -0.15) is 0 Å². The molecule has 128 valence electrons. The van der Waals surface area contributed by atoms with Crippen molar-refractivity contribution in [3.63, 3.8) is 0 Å². The Balaban J connectivity index is 1.78. The number of carbonyl (C=O) groups is 2. The number of amides is 2. The molecule has 7 nitrogen and oxygen atoms in total. The van der Waals surface area contributed by atoms with Crippen LogP contribution in [0.5, 0.6) is 0 Å². The van der Waals surface area contributed by atoms with Gasteiger partial charge in [-0.05, 0) is 37.8 Å². The molecule has 2 aliphatic rings. The monoisotopic (exact) mass is 339 g/mol. The first-order valence-electron chi connectivity index (χ1n) is 8.28. The minimum Gasteiger partial charge on any atom is -0.421 e. The van der Waals surface area contributed by atoms with Crippen LogP contribution in [0, 0.1) is 11.8 Å². The van der Waals surface area contributed by atoms with Gasteiger partial charge in [-0.3, -0.25) is 14.6 Å². The van der Waals surface area contributed by atoms with Gasteiger partial charge in [-0.25, -0.2) is 9.69 Å². The molecule has 0 radical (unpaired) electrons. The highest BCUT2D eigenvalue weighted by atomic mass is 16.4. The summed E-state index contributed by atoms with van der Waals surface area (Å²) in [5, 5.41) is 0. The molecule has 2 amide bonds. The Hall–Kier alpha value is -2.96. The minimum absolute atomic E-state index is 0.0538. The van der Waals surface area contributed by atoms with Gasteiger partial charge in [0.05, 0.1) is 5.69 Å². The summed E-state index contributed by atoms with van der Waals surface area (Å²) < 4.78 is 5.34. The highest BCUT2D eigenvalue weighted by Crippen LogP contribution is 2.38. The van der Waals surface area contributed by atoms with E-state index in [1.165, 1.54) is 6.07 Å². The number of hydrogen-bond acceptors (Lipinski definition) is 6. The van der Waals surface area contributed by atoms with Crippen LogP contribution in [-0.2, 0) is 9.59 Å². The Kier molecular flexibility index (Phi) is 3.63. The maximum Gasteiger partial charge on any atom is 0.363 e. The molecule has 2 saturated carbocycles. The highest BCUT2D eigenvalue weighted by Gasteiger charge is 2.44. The summed E-state index contributed by atoms with van der Waals surface area (Å²) in [4.78, 5) is 42.7. The first-order chi connectivity index (χ1) is 12.1. The number of nitrogen functional groups attached to an aromatic ring is 1. The Morgan fingerprint density at radius 1 is 1.16 bits per heavy atom. The Labute approximate surface area is 143 Å². The molecule has 4 rings (SSSR count). The largest absolute Gasteiger partial charge is 0.421 e. The zero-order valence-corrected chi connectivity index (χ0v) is 13.5. The van der Waals surface area contributed by atoms with E-state index >= 15 is 0 Å². The van der Waals surface area contributed by atoms with E-state index in [9.17, 15) is 14.4 Å². The van der Waals surface area contributed by atoms with Crippen molar-refractivity contribution < 1.29 is 14.0 Å². The van der Waals surface area contributed by atoms with Gasteiger partial charge in [0, 0.05) is 35.9 Å². The summed E-state index contributed by atoms with van der Waals surface area (Å²) in [6, 6.07) is 4.90. The highest BCUT2D eigenvalue weighted by molar-refractivity contribution is 6.18. The number of nitrogens with two attached hydrogens (primary N) is 1. The molecule has 0 saturated heterocycles. The number of carbonyl (C=O) groups excluding carboxylic acids is 2. The fraction of sp³-hybridized carbons (Fsp3) is 0.333. The standard InChI is InChI=1S/C18H17N3O4/c19-13-8-14(12-2-1-7-20-9-12)25-18(24)15(13)21(16(22)10-3-4-10)17(23)11-5-6-11/h1-2,7-11H,3-6,19H2. The molecule has 2 heterocycles. The van der Waals surface area contributed by atoms with Crippen molar-refractivity contribution in [3.05, 3.63) is 41.0 Å². The second-order valence-corrected chi connectivity index (χ2v) is 6.50. The van der Waals surface area contributed by atoms with E-state index in [4.69, 9.17) is 10.2 Å². The lowest BCUT2D eigenvalue weighted by Crippen LogP contribution is -2.42. The molecule has 0 spiro atoms. The smallest absolute Gasteiger partial charge is 0.363 e. The molecule has 2 aliphatic carbocycles. The zero-order valence-electron chi connectivity index (χ0n) is 13.5. The van der Waals surface area contributed by atoms with Gasteiger partial charge in [-0.1, -0.05) is 0 Å². The van der Waals surface area contributed by atoms with E-state index in [0.29, 0.717) is 5.56 Å². The van der Waals surface area contributed by atoms with Crippen LogP contribution >= 0.6 is 0 Å². The Morgan fingerprint density at radius 3 is 2.28 bits per heavy atom. The molecule has 0 unspecified atom stereocenters. The quantitative estimate of drug-likeness (QED) is 0.854. The molecular weight excluding hydrogens is 322 g/mol. The maximum atomic E-state index is 12.6. The molecule has 0 aliphatic heterocycles. The second kappa shape index (κ2) is 5.84. The average Bonchev–Trinajstić information content (AvgIpc) is 3.50. The number of nitrogens with zero attached hydrogens (tertiary/aromatic N) is 2. The number of hydrogen-bond donors (Lipinski definition) is 1. The third-order valence-electron chi connectivity index (χ3n) is 4.42. The lowest BCUT2D eigenvalue weighted by Gasteiger charge is -2.21. The molecule has 25 heavy (non-hydrogen) atoms. The maximum absolute atomic E-state index is 12.6.